The van der Waals surface area contributed by atoms with E-state index in [-0.39, 0.29) is 33.5 Å². The van der Waals surface area contributed by atoms with Crippen molar-refractivity contribution < 1.29 is 23.8 Å². The molecule has 1 saturated heterocycles. The molecule has 0 spiro atoms. The number of benzene rings is 2. The summed E-state index contributed by atoms with van der Waals surface area (Å²) in [6.07, 6.45) is 3.04. The summed E-state index contributed by atoms with van der Waals surface area (Å²) in [5.74, 6) is -2.48. The van der Waals surface area contributed by atoms with Crippen LogP contribution < -0.4 is 4.74 Å². The van der Waals surface area contributed by atoms with Crippen LogP contribution in [0.25, 0.3) is 5.76 Å². The van der Waals surface area contributed by atoms with Crippen molar-refractivity contribution >= 4 is 40.7 Å². The van der Waals surface area contributed by atoms with Crippen LogP contribution in [-0.2, 0) is 16.1 Å². The number of hydrogen-bond donors (Lipinski definition) is 1. The lowest BCUT2D eigenvalue weighted by molar-refractivity contribution is -0.140. The van der Waals surface area contributed by atoms with Crippen LogP contribution in [0, 0.1) is 5.82 Å². The van der Waals surface area contributed by atoms with Gasteiger partial charge in [-0.1, -0.05) is 35.3 Å². The molecule has 3 aromatic rings. The average molecular weight is 487 g/mol. The Hall–Kier alpha value is -3.42. The van der Waals surface area contributed by atoms with E-state index in [1.807, 2.05) is 0 Å². The summed E-state index contributed by atoms with van der Waals surface area (Å²) in [5, 5.41) is 11.6. The first kappa shape index (κ1) is 22.8. The van der Waals surface area contributed by atoms with Gasteiger partial charge in [-0.3, -0.25) is 14.6 Å². The third-order valence-corrected chi connectivity index (χ3v) is 5.79. The Morgan fingerprint density at radius 1 is 1.12 bits per heavy atom. The van der Waals surface area contributed by atoms with Crippen LogP contribution in [0.1, 0.15) is 22.7 Å². The molecule has 6 nitrogen and oxygen atoms in total. The fourth-order valence-corrected chi connectivity index (χ4v) is 4.38. The summed E-state index contributed by atoms with van der Waals surface area (Å²) >= 11 is 12.3. The average Bonchev–Trinajstić information content (AvgIpc) is 3.05. The van der Waals surface area contributed by atoms with E-state index in [0.29, 0.717) is 11.1 Å². The molecule has 0 aliphatic carbocycles. The highest BCUT2D eigenvalue weighted by molar-refractivity contribution is 6.46. The molecule has 1 aliphatic rings. The van der Waals surface area contributed by atoms with Crippen LogP contribution in [0.5, 0.6) is 5.75 Å². The smallest absolute Gasteiger partial charge is 0.295 e. The minimum atomic E-state index is -0.930. The van der Waals surface area contributed by atoms with Gasteiger partial charge < -0.3 is 14.7 Å². The lowest BCUT2D eigenvalue weighted by Crippen LogP contribution is -2.29. The Morgan fingerprint density at radius 2 is 1.79 bits per heavy atom. The molecular formula is C24H17Cl2FN2O4. The minimum absolute atomic E-state index is 0.0159. The quantitative estimate of drug-likeness (QED) is 0.306. The summed E-state index contributed by atoms with van der Waals surface area (Å²) in [5.41, 5.74) is 1.10. The van der Waals surface area contributed by atoms with Crippen LogP contribution in [0.15, 0.2) is 66.5 Å². The molecule has 0 radical (unpaired) electrons. The molecule has 1 N–H and O–H groups in total. The topological polar surface area (TPSA) is 79.7 Å². The van der Waals surface area contributed by atoms with Gasteiger partial charge in [0.25, 0.3) is 11.7 Å². The van der Waals surface area contributed by atoms with Gasteiger partial charge in [-0.2, -0.15) is 0 Å². The van der Waals surface area contributed by atoms with E-state index < -0.39 is 29.3 Å². The number of likely N-dealkylation sites (tertiary alicyclic amines) is 1. The second kappa shape index (κ2) is 9.21. The van der Waals surface area contributed by atoms with Crippen molar-refractivity contribution in [3.63, 3.8) is 0 Å². The standard InChI is InChI=1S/C24H17Cl2FN2O4/c1-33-23-17(10-15(25)11-18(23)26)21(30)19-20(14-6-8-28-9-7-14)29(24(32)22(19)31)12-13-2-4-16(27)5-3-13/h2-11,20,30H,12H2,1H3/b21-19+. The monoisotopic (exact) mass is 486 g/mol. The zero-order valence-corrected chi connectivity index (χ0v) is 18.8. The molecule has 1 unspecified atom stereocenters. The summed E-state index contributed by atoms with van der Waals surface area (Å²) < 4.78 is 18.7. The summed E-state index contributed by atoms with van der Waals surface area (Å²) in [7, 11) is 1.36. The van der Waals surface area contributed by atoms with E-state index in [1.54, 1.807) is 12.1 Å². The molecule has 1 fully saturated rings. The van der Waals surface area contributed by atoms with Crippen molar-refractivity contribution in [3.8, 4) is 5.75 Å². The minimum Gasteiger partial charge on any atom is -0.507 e. The number of carbonyl (C=O) groups excluding carboxylic acids is 2. The van der Waals surface area contributed by atoms with Crippen molar-refractivity contribution in [2.24, 2.45) is 0 Å². The van der Waals surface area contributed by atoms with Crippen LogP contribution in [0.2, 0.25) is 10.0 Å². The van der Waals surface area contributed by atoms with Crippen LogP contribution in [0.3, 0.4) is 0 Å². The van der Waals surface area contributed by atoms with Gasteiger partial charge in [-0.25, -0.2) is 4.39 Å². The first-order valence-corrected chi connectivity index (χ1v) is 10.5. The van der Waals surface area contributed by atoms with Crippen molar-refractivity contribution in [3.05, 3.63) is 99.1 Å². The Labute approximate surface area is 198 Å². The van der Waals surface area contributed by atoms with E-state index in [1.165, 1.54) is 60.8 Å². The second-order valence-corrected chi connectivity index (χ2v) is 8.15. The third-order valence-electron chi connectivity index (χ3n) is 5.30. The molecule has 9 heteroatoms. The highest BCUT2D eigenvalue weighted by atomic mass is 35.5. The largest absolute Gasteiger partial charge is 0.507 e. The number of nitrogens with zero attached hydrogens (tertiary/aromatic N) is 2. The van der Waals surface area contributed by atoms with Gasteiger partial charge in [0.05, 0.1) is 29.3 Å². The molecule has 2 aromatic carbocycles. The molecule has 33 heavy (non-hydrogen) atoms. The molecule has 0 saturated carbocycles. The van der Waals surface area contributed by atoms with E-state index >= 15 is 0 Å². The first-order chi connectivity index (χ1) is 15.8. The van der Waals surface area contributed by atoms with Crippen LogP contribution in [0.4, 0.5) is 4.39 Å². The zero-order chi connectivity index (χ0) is 23.7. The summed E-state index contributed by atoms with van der Waals surface area (Å²) in [6.45, 7) is 0.0159. The fourth-order valence-electron chi connectivity index (χ4n) is 3.81. The number of methoxy groups -OCH3 is 1. The van der Waals surface area contributed by atoms with Gasteiger partial charge in [-0.15, -0.1) is 0 Å². The molecule has 1 atom stereocenters. The van der Waals surface area contributed by atoms with E-state index in [4.69, 9.17) is 27.9 Å². The maximum absolute atomic E-state index is 13.4. The molecule has 0 bridgehead atoms. The fraction of sp³-hybridized carbons (Fsp3) is 0.125. The Bertz CT molecular complexity index is 1260. The Balaban J connectivity index is 1.90. The number of aliphatic hydroxyl groups is 1. The molecule has 168 valence electrons. The number of aromatic nitrogens is 1. The molecular weight excluding hydrogens is 470 g/mol. The van der Waals surface area contributed by atoms with Gasteiger partial charge in [0.15, 0.2) is 0 Å². The van der Waals surface area contributed by atoms with Crippen molar-refractivity contribution in [1.82, 2.24) is 9.88 Å². The number of hydrogen-bond acceptors (Lipinski definition) is 5. The highest BCUT2D eigenvalue weighted by Crippen LogP contribution is 2.43. The highest BCUT2D eigenvalue weighted by Gasteiger charge is 2.46. The van der Waals surface area contributed by atoms with Crippen molar-refractivity contribution in [2.45, 2.75) is 12.6 Å². The van der Waals surface area contributed by atoms with E-state index in [9.17, 15) is 19.1 Å². The first-order valence-electron chi connectivity index (χ1n) is 9.78. The molecule has 1 amide bonds. The number of pyridine rings is 1. The van der Waals surface area contributed by atoms with Gasteiger partial charge in [0, 0.05) is 24.0 Å². The predicted octanol–water partition coefficient (Wildman–Crippen LogP) is 5.16. The lowest BCUT2D eigenvalue weighted by Gasteiger charge is -2.25. The molecule has 1 aliphatic heterocycles. The molecule has 1 aromatic heterocycles. The second-order valence-electron chi connectivity index (χ2n) is 7.30. The third kappa shape index (κ3) is 4.29. The number of amides is 1. The lowest BCUT2D eigenvalue weighted by atomic mass is 9.95. The van der Waals surface area contributed by atoms with E-state index in [2.05, 4.69) is 4.98 Å². The van der Waals surface area contributed by atoms with Gasteiger partial charge >= 0.3 is 0 Å². The predicted molar refractivity (Wildman–Crippen MR) is 121 cm³/mol. The number of Topliss-reactive ketones (excluding diaryl/α,β-unsaturated/α-hetero) is 1. The van der Waals surface area contributed by atoms with Gasteiger partial charge in [0.2, 0.25) is 0 Å². The number of ether oxygens (including phenoxy) is 1. The number of aliphatic hydroxyl groups excluding tert-OH is 1. The normalized spacial score (nSPS) is 17.5. The van der Waals surface area contributed by atoms with E-state index in [0.717, 1.165) is 0 Å². The van der Waals surface area contributed by atoms with Gasteiger partial charge in [-0.05, 0) is 47.5 Å². The molecule has 4 rings (SSSR count). The zero-order valence-electron chi connectivity index (χ0n) is 17.3. The molecule has 2 heterocycles. The van der Waals surface area contributed by atoms with Crippen molar-refractivity contribution in [2.75, 3.05) is 7.11 Å². The van der Waals surface area contributed by atoms with Gasteiger partial charge in [0.1, 0.15) is 17.3 Å². The maximum atomic E-state index is 13.4. The number of rotatable bonds is 5. The Morgan fingerprint density at radius 3 is 2.42 bits per heavy atom. The summed E-state index contributed by atoms with van der Waals surface area (Å²) in [6, 6.07) is 10.8. The van der Waals surface area contributed by atoms with Crippen LogP contribution in [-0.4, -0.2) is 33.8 Å². The number of ketones is 1. The SMILES string of the molecule is COc1c(Cl)cc(Cl)cc1/C(O)=C1\C(=O)C(=O)N(Cc2ccc(F)cc2)C1c1ccncc1. The number of halogens is 3. The number of carbonyl (C=O) groups is 2. The summed E-state index contributed by atoms with van der Waals surface area (Å²) in [4.78, 5) is 31.5. The maximum Gasteiger partial charge on any atom is 0.295 e. The van der Waals surface area contributed by atoms with Crippen LogP contribution >= 0.6 is 23.2 Å². The van der Waals surface area contributed by atoms with Crippen molar-refractivity contribution in [1.29, 1.82) is 0 Å². The Kier molecular flexibility index (Phi) is 6.35.